The zero-order valence-corrected chi connectivity index (χ0v) is 11.0. The normalized spacial score (nSPS) is 10.3. The minimum absolute atomic E-state index is 0.228. The van der Waals surface area contributed by atoms with Gasteiger partial charge in [-0.15, -0.1) is 0 Å². The van der Waals surface area contributed by atoms with Crippen LogP contribution in [0.25, 0.3) is 0 Å². The molecule has 0 aliphatic heterocycles. The van der Waals surface area contributed by atoms with Gasteiger partial charge in [-0.1, -0.05) is 28.1 Å². The van der Waals surface area contributed by atoms with E-state index in [0.29, 0.717) is 6.61 Å². The Kier molecular flexibility index (Phi) is 3.79. The van der Waals surface area contributed by atoms with E-state index in [9.17, 15) is 4.39 Å². The van der Waals surface area contributed by atoms with Gasteiger partial charge in [-0.05, 0) is 48.4 Å². The average Bonchev–Trinajstić information content (AvgIpc) is 2.33. The fourth-order valence-corrected chi connectivity index (χ4v) is 1.70. The highest BCUT2D eigenvalue weighted by molar-refractivity contribution is 9.10. The molecule has 88 valence electrons. The third-order valence-electron chi connectivity index (χ3n) is 2.45. The van der Waals surface area contributed by atoms with Crippen LogP contribution in [-0.4, -0.2) is 0 Å². The molecular formula is C14H12BrFO. The van der Waals surface area contributed by atoms with Crippen LogP contribution in [0, 0.1) is 12.7 Å². The van der Waals surface area contributed by atoms with Crippen LogP contribution in [0.4, 0.5) is 4.39 Å². The highest BCUT2D eigenvalue weighted by Gasteiger charge is 1.99. The number of aryl methyl sites for hydroxylation is 1. The largest absolute Gasteiger partial charge is 0.489 e. The smallest absolute Gasteiger partial charge is 0.123 e. The van der Waals surface area contributed by atoms with Crippen molar-refractivity contribution in [1.29, 1.82) is 0 Å². The molecule has 0 aliphatic rings. The lowest BCUT2D eigenvalue weighted by Gasteiger charge is -2.07. The first kappa shape index (κ1) is 12.1. The summed E-state index contributed by atoms with van der Waals surface area (Å²) in [5.41, 5.74) is 2.08. The first-order valence-electron chi connectivity index (χ1n) is 5.28. The Labute approximate surface area is 108 Å². The van der Waals surface area contributed by atoms with Crippen LogP contribution < -0.4 is 4.74 Å². The second-order valence-corrected chi connectivity index (χ2v) is 4.68. The Hall–Kier alpha value is -1.35. The summed E-state index contributed by atoms with van der Waals surface area (Å²) in [5, 5.41) is 0. The second kappa shape index (κ2) is 5.32. The number of benzene rings is 2. The van der Waals surface area contributed by atoms with E-state index < -0.39 is 0 Å². The van der Waals surface area contributed by atoms with E-state index in [0.717, 1.165) is 21.3 Å². The molecule has 2 aromatic carbocycles. The van der Waals surface area contributed by atoms with Gasteiger partial charge in [0.15, 0.2) is 0 Å². The maximum atomic E-state index is 12.7. The van der Waals surface area contributed by atoms with Crippen molar-refractivity contribution >= 4 is 15.9 Å². The monoisotopic (exact) mass is 294 g/mol. The van der Waals surface area contributed by atoms with E-state index in [4.69, 9.17) is 4.74 Å². The Balaban J connectivity index is 2.02. The molecule has 0 atom stereocenters. The molecule has 0 heterocycles. The van der Waals surface area contributed by atoms with Crippen molar-refractivity contribution in [2.45, 2.75) is 13.5 Å². The molecule has 0 saturated heterocycles. The number of rotatable bonds is 3. The van der Waals surface area contributed by atoms with Crippen LogP contribution in [-0.2, 0) is 6.61 Å². The maximum absolute atomic E-state index is 12.7. The van der Waals surface area contributed by atoms with Crippen molar-refractivity contribution < 1.29 is 9.13 Å². The van der Waals surface area contributed by atoms with E-state index in [2.05, 4.69) is 15.9 Å². The first-order chi connectivity index (χ1) is 8.15. The van der Waals surface area contributed by atoms with Crippen molar-refractivity contribution in [2.75, 3.05) is 0 Å². The van der Waals surface area contributed by atoms with Gasteiger partial charge in [-0.3, -0.25) is 0 Å². The molecule has 0 amide bonds. The Morgan fingerprint density at radius 1 is 1.12 bits per heavy atom. The predicted octanol–water partition coefficient (Wildman–Crippen LogP) is 4.48. The molecule has 1 nitrogen and oxygen atoms in total. The minimum Gasteiger partial charge on any atom is -0.489 e. The fourth-order valence-electron chi connectivity index (χ4n) is 1.45. The van der Waals surface area contributed by atoms with Crippen molar-refractivity contribution in [1.82, 2.24) is 0 Å². The van der Waals surface area contributed by atoms with Crippen molar-refractivity contribution in [3.05, 3.63) is 63.9 Å². The van der Waals surface area contributed by atoms with Crippen molar-refractivity contribution in [3.8, 4) is 5.75 Å². The molecule has 3 heteroatoms. The SMILES string of the molecule is Cc1cc(OCc2ccc(F)cc2)ccc1Br. The summed E-state index contributed by atoms with van der Waals surface area (Å²) in [5.74, 6) is 0.586. The second-order valence-electron chi connectivity index (χ2n) is 3.83. The molecule has 0 fully saturated rings. The van der Waals surface area contributed by atoms with E-state index in [-0.39, 0.29) is 5.82 Å². The molecule has 2 rings (SSSR count). The van der Waals surface area contributed by atoms with Gasteiger partial charge in [0.2, 0.25) is 0 Å². The lowest BCUT2D eigenvalue weighted by atomic mass is 10.2. The van der Waals surface area contributed by atoms with Crippen LogP contribution in [0.5, 0.6) is 5.75 Å². The summed E-state index contributed by atoms with van der Waals surface area (Å²) < 4.78 is 19.4. The van der Waals surface area contributed by atoms with Crippen LogP contribution in [0.3, 0.4) is 0 Å². The molecule has 0 saturated carbocycles. The molecule has 17 heavy (non-hydrogen) atoms. The molecule has 0 aromatic heterocycles. The van der Waals surface area contributed by atoms with Gasteiger partial charge in [0.05, 0.1) is 0 Å². The zero-order valence-electron chi connectivity index (χ0n) is 9.41. The van der Waals surface area contributed by atoms with E-state index in [1.807, 2.05) is 25.1 Å². The average molecular weight is 295 g/mol. The molecular weight excluding hydrogens is 283 g/mol. The van der Waals surface area contributed by atoms with Crippen LogP contribution >= 0.6 is 15.9 Å². The van der Waals surface area contributed by atoms with E-state index in [1.165, 1.54) is 12.1 Å². The summed E-state index contributed by atoms with van der Waals surface area (Å²) in [4.78, 5) is 0. The van der Waals surface area contributed by atoms with Gasteiger partial charge < -0.3 is 4.74 Å². The lowest BCUT2D eigenvalue weighted by molar-refractivity contribution is 0.306. The molecule has 0 aliphatic carbocycles. The topological polar surface area (TPSA) is 9.23 Å². The minimum atomic E-state index is -0.228. The molecule has 0 bridgehead atoms. The van der Waals surface area contributed by atoms with Gasteiger partial charge in [-0.2, -0.15) is 0 Å². The standard InChI is InChI=1S/C14H12BrFO/c1-10-8-13(6-7-14(10)15)17-9-11-2-4-12(16)5-3-11/h2-8H,9H2,1H3. The number of ether oxygens (including phenoxy) is 1. The van der Waals surface area contributed by atoms with Crippen molar-refractivity contribution in [3.63, 3.8) is 0 Å². The number of hydrogen-bond acceptors (Lipinski definition) is 1. The van der Waals surface area contributed by atoms with Gasteiger partial charge in [-0.25, -0.2) is 4.39 Å². The summed E-state index contributed by atoms with van der Waals surface area (Å²) in [7, 11) is 0. The lowest BCUT2D eigenvalue weighted by Crippen LogP contribution is -1.95. The van der Waals surface area contributed by atoms with Crippen LogP contribution in [0.1, 0.15) is 11.1 Å². The third-order valence-corrected chi connectivity index (χ3v) is 3.34. The van der Waals surface area contributed by atoms with Crippen molar-refractivity contribution in [2.24, 2.45) is 0 Å². The summed E-state index contributed by atoms with van der Waals surface area (Å²) in [6.07, 6.45) is 0. The fraction of sp³-hybridized carbons (Fsp3) is 0.143. The van der Waals surface area contributed by atoms with Crippen LogP contribution in [0.2, 0.25) is 0 Å². The quantitative estimate of drug-likeness (QED) is 0.811. The summed E-state index contributed by atoms with van der Waals surface area (Å²) in [6, 6.07) is 12.1. The predicted molar refractivity (Wildman–Crippen MR) is 69.6 cm³/mol. The highest BCUT2D eigenvalue weighted by atomic mass is 79.9. The van der Waals surface area contributed by atoms with E-state index >= 15 is 0 Å². The Bertz CT molecular complexity index is 508. The summed E-state index contributed by atoms with van der Waals surface area (Å²) in [6.45, 7) is 2.45. The molecule has 0 radical (unpaired) electrons. The molecule has 0 unspecified atom stereocenters. The maximum Gasteiger partial charge on any atom is 0.123 e. The summed E-state index contributed by atoms with van der Waals surface area (Å²) >= 11 is 3.44. The first-order valence-corrected chi connectivity index (χ1v) is 6.08. The third kappa shape index (κ3) is 3.30. The van der Waals surface area contributed by atoms with Crippen LogP contribution in [0.15, 0.2) is 46.9 Å². The Morgan fingerprint density at radius 2 is 1.82 bits per heavy atom. The Morgan fingerprint density at radius 3 is 2.47 bits per heavy atom. The molecule has 2 aromatic rings. The zero-order chi connectivity index (χ0) is 12.3. The number of halogens is 2. The number of hydrogen-bond donors (Lipinski definition) is 0. The highest BCUT2D eigenvalue weighted by Crippen LogP contribution is 2.22. The van der Waals surface area contributed by atoms with Gasteiger partial charge >= 0.3 is 0 Å². The molecule has 0 N–H and O–H groups in total. The van der Waals surface area contributed by atoms with Gasteiger partial charge in [0.1, 0.15) is 18.2 Å². The van der Waals surface area contributed by atoms with Gasteiger partial charge in [0, 0.05) is 4.47 Å². The van der Waals surface area contributed by atoms with E-state index in [1.54, 1.807) is 12.1 Å². The van der Waals surface area contributed by atoms with Gasteiger partial charge in [0.25, 0.3) is 0 Å². The molecule has 0 spiro atoms.